The summed E-state index contributed by atoms with van der Waals surface area (Å²) in [5.41, 5.74) is 1.05. The molecule has 1 aliphatic rings. The lowest BCUT2D eigenvalue weighted by Gasteiger charge is -2.09. The van der Waals surface area contributed by atoms with Crippen LogP contribution in [0.4, 0.5) is 0 Å². The van der Waals surface area contributed by atoms with E-state index in [2.05, 4.69) is 24.1 Å². The zero-order chi connectivity index (χ0) is 12.1. The third kappa shape index (κ3) is 4.73. The predicted octanol–water partition coefficient (Wildman–Crippen LogP) is 2.62. The monoisotopic (exact) mass is 234 g/mol. The van der Waals surface area contributed by atoms with Crippen LogP contribution in [-0.4, -0.2) is 18.1 Å². The number of rotatable bonds is 7. The number of nitrogens with one attached hydrogen (secondary N) is 1. The van der Waals surface area contributed by atoms with Gasteiger partial charge in [-0.2, -0.15) is 0 Å². The zero-order valence-electron chi connectivity index (χ0n) is 10.8. The molecule has 0 unspecified atom stereocenters. The molecule has 0 saturated heterocycles. The lowest BCUT2D eigenvalue weighted by atomic mass is 10.2. The molecular formula is C14H22N2O. The van der Waals surface area contributed by atoms with Crippen molar-refractivity contribution in [2.24, 2.45) is 11.8 Å². The van der Waals surface area contributed by atoms with Crippen LogP contribution in [0.2, 0.25) is 0 Å². The Bertz CT molecular complexity index is 348. The van der Waals surface area contributed by atoms with Crippen LogP contribution in [0.15, 0.2) is 18.3 Å². The van der Waals surface area contributed by atoms with Gasteiger partial charge in [-0.25, -0.2) is 0 Å². The molecule has 0 radical (unpaired) electrons. The Labute approximate surface area is 104 Å². The third-order valence-electron chi connectivity index (χ3n) is 2.83. The molecule has 3 heteroatoms. The SMILES string of the molecule is CC(C)CNCc1cc(OCC2CC2)ccn1. The molecule has 0 aromatic carbocycles. The van der Waals surface area contributed by atoms with E-state index in [4.69, 9.17) is 4.74 Å². The Kier molecular flexibility index (Phi) is 4.37. The summed E-state index contributed by atoms with van der Waals surface area (Å²) in [7, 11) is 0. The van der Waals surface area contributed by atoms with Crippen molar-refractivity contribution >= 4 is 0 Å². The van der Waals surface area contributed by atoms with Crippen molar-refractivity contribution in [3.05, 3.63) is 24.0 Å². The molecule has 3 nitrogen and oxygen atoms in total. The summed E-state index contributed by atoms with van der Waals surface area (Å²) in [6.45, 7) is 7.11. The zero-order valence-corrected chi connectivity index (χ0v) is 10.8. The van der Waals surface area contributed by atoms with Crippen molar-refractivity contribution in [3.63, 3.8) is 0 Å². The summed E-state index contributed by atoms with van der Waals surface area (Å²) in [6.07, 6.45) is 4.48. The summed E-state index contributed by atoms with van der Waals surface area (Å²) in [4.78, 5) is 4.34. The van der Waals surface area contributed by atoms with Gasteiger partial charge in [-0.1, -0.05) is 13.8 Å². The smallest absolute Gasteiger partial charge is 0.122 e. The molecule has 1 heterocycles. The molecule has 1 fully saturated rings. The van der Waals surface area contributed by atoms with E-state index in [1.165, 1.54) is 12.8 Å². The van der Waals surface area contributed by atoms with E-state index in [-0.39, 0.29) is 0 Å². The fourth-order valence-electron chi connectivity index (χ4n) is 1.63. The second kappa shape index (κ2) is 6.01. The van der Waals surface area contributed by atoms with E-state index in [9.17, 15) is 0 Å². The number of hydrogen-bond donors (Lipinski definition) is 1. The minimum Gasteiger partial charge on any atom is -0.493 e. The van der Waals surface area contributed by atoms with Crippen molar-refractivity contribution in [1.82, 2.24) is 10.3 Å². The van der Waals surface area contributed by atoms with Gasteiger partial charge in [0, 0.05) is 18.8 Å². The maximum Gasteiger partial charge on any atom is 0.122 e. The highest BCUT2D eigenvalue weighted by atomic mass is 16.5. The van der Waals surface area contributed by atoms with E-state index in [1.54, 1.807) is 0 Å². The fourth-order valence-corrected chi connectivity index (χ4v) is 1.63. The highest BCUT2D eigenvalue weighted by Gasteiger charge is 2.21. The number of aromatic nitrogens is 1. The Balaban J connectivity index is 1.78. The molecule has 1 saturated carbocycles. The van der Waals surface area contributed by atoms with Crippen LogP contribution in [0.1, 0.15) is 32.4 Å². The van der Waals surface area contributed by atoms with Gasteiger partial charge in [0.1, 0.15) is 5.75 Å². The highest BCUT2D eigenvalue weighted by Crippen LogP contribution is 2.29. The molecule has 1 aliphatic carbocycles. The van der Waals surface area contributed by atoms with Gasteiger partial charge in [0.15, 0.2) is 0 Å². The standard InChI is InChI=1S/C14H22N2O/c1-11(2)8-15-9-13-7-14(5-6-16-13)17-10-12-3-4-12/h5-7,11-12,15H,3-4,8-10H2,1-2H3. The van der Waals surface area contributed by atoms with Crippen LogP contribution in [0, 0.1) is 11.8 Å². The molecule has 2 rings (SSSR count). The fraction of sp³-hybridized carbons (Fsp3) is 0.643. The summed E-state index contributed by atoms with van der Waals surface area (Å²) in [5.74, 6) is 2.42. The van der Waals surface area contributed by atoms with Crippen molar-refractivity contribution in [2.45, 2.75) is 33.2 Å². The molecular weight excluding hydrogens is 212 g/mol. The Morgan fingerprint density at radius 1 is 1.47 bits per heavy atom. The van der Waals surface area contributed by atoms with Gasteiger partial charge in [-0.15, -0.1) is 0 Å². The van der Waals surface area contributed by atoms with Crippen molar-refractivity contribution < 1.29 is 4.74 Å². The number of hydrogen-bond acceptors (Lipinski definition) is 3. The predicted molar refractivity (Wildman–Crippen MR) is 69.0 cm³/mol. The number of ether oxygens (including phenoxy) is 1. The molecule has 0 atom stereocenters. The maximum absolute atomic E-state index is 5.73. The Morgan fingerprint density at radius 2 is 2.29 bits per heavy atom. The molecule has 1 N–H and O–H groups in total. The molecule has 0 amide bonds. The number of pyridine rings is 1. The number of nitrogens with zero attached hydrogens (tertiary/aromatic N) is 1. The first-order valence-corrected chi connectivity index (χ1v) is 6.52. The molecule has 0 aliphatic heterocycles. The molecule has 17 heavy (non-hydrogen) atoms. The van der Waals surface area contributed by atoms with E-state index in [0.29, 0.717) is 5.92 Å². The Morgan fingerprint density at radius 3 is 3.00 bits per heavy atom. The first kappa shape index (κ1) is 12.4. The van der Waals surface area contributed by atoms with Gasteiger partial charge in [0.05, 0.1) is 12.3 Å². The van der Waals surface area contributed by atoms with Crippen LogP contribution in [0.25, 0.3) is 0 Å². The molecule has 0 bridgehead atoms. The van der Waals surface area contributed by atoms with Gasteiger partial charge in [0.2, 0.25) is 0 Å². The van der Waals surface area contributed by atoms with E-state index >= 15 is 0 Å². The van der Waals surface area contributed by atoms with E-state index in [0.717, 1.165) is 37.1 Å². The first-order valence-electron chi connectivity index (χ1n) is 6.52. The van der Waals surface area contributed by atoms with Crippen LogP contribution in [0.5, 0.6) is 5.75 Å². The van der Waals surface area contributed by atoms with E-state index in [1.807, 2.05) is 18.3 Å². The Hall–Kier alpha value is -1.09. The maximum atomic E-state index is 5.73. The molecule has 0 spiro atoms. The van der Waals surface area contributed by atoms with Gasteiger partial charge in [-0.3, -0.25) is 4.98 Å². The van der Waals surface area contributed by atoms with Gasteiger partial charge in [-0.05, 0) is 37.3 Å². The average molecular weight is 234 g/mol. The normalized spacial score (nSPS) is 15.2. The van der Waals surface area contributed by atoms with E-state index < -0.39 is 0 Å². The third-order valence-corrected chi connectivity index (χ3v) is 2.83. The van der Waals surface area contributed by atoms with Crippen LogP contribution < -0.4 is 10.1 Å². The van der Waals surface area contributed by atoms with Gasteiger partial charge >= 0.3 is 0 Å². The molecule has 94 valence electrons. The first-order chi connectivity index (χ1) is 8.24. The topological polar surface area (TPSA) is 34.1 Å². The van der Waals surface area contributed by atoms with Crippen LogP contribution in [-0.2, 0) is 6.54 Å². The summed E-state index contributed by atoms with van der Waals surface area (Å²) >= 11 is 0. The largest absolute Gasteiger partial charge is 0.493 e. The summed E-state index contributed by atoms with van der Waals surface area (Å²) in [6, 6.07) is 3.98. The summed E-state index contributed by atoms with van der Waals surface area (Å²) in [5, 5.41) is 3.39. The molecule has 1 aromatic heterocycles. The average Bonchev–Trinajstić information content (AvgIpc) is 3.10. The second-order valence-corrected chi connectivity index (χ2v) is 5.26. The van der Waals surface area contributed by atoms with Gasteiger partial charge in [0.25, 0.3) is 0 Å². The molecule has 1 aromatic rings. The van der Waals surface area contributed by atoms with Crippen molar-refractivity contribution in [3.8, 4) is 5.75 Å². The second-order valence-electron chi connectivity index (χ2n) is 5.26. The lowest BCUT2D eigenvalue weighted by molar-refractivity contribution is 0.299. The minimum absolute atomic E-state index is 0.671. The van der Waals surface area contributed by atoms with Crippen molar-refractivity contribution in [1.29, 1.82) is 0 Å². The highest BCUT2D eigenvalue weighted by molar-refractivity contribution is 5.22. The van der Waals surface area contributed by atoms with Crippen molar-refractivity contribution in [2.75, 3.05) is 13.2 Å². The minimum atomic E-state index is 0.671. The lowest BCUT2D eigenvalue weighted by Crippen LogP contribution is -2.19. The van der Waals surface area contributed by atoms with Crippen LogP contribution >= 0.6 is 0 Å². The van der Waals surface area contributed by atoms with Gasteiger partial charge < -0.3 is 10.1 Å². The quantitative estimate of drug-likeness (QED) is 0.787. The van der Waals surface area contributed by atoms with Crippen LogP contribution in [0.3, 0.4) is 0 Å². The summed E-state index contributed by atoms with van der Waals surface area (Å²) < 4.78 is 5.73.